The molecule has 0 radical (unpaired) electrons. The van der Waals surface area contributed by atoms with Crippen molar-refractivity contribution in [2.45, 2.75) is 19.8 Å². The fourth-order valence-electron chi connectivity index (χ4n) is 3.00. The molecule has 142 valence electrons. The average molecular weight is 376 g/mol. The van der Waals surface area contributed by atoms with E-state index in [0.29, 0.717) is 24.6 Å². The second kappa shape index (κ2) is 7.82. The molecule has 27 heavy (non-hydrogen) atoms. The number of likely N-dealkylation sites (tertiary alicyclic amines) is 1. The van der Waals surface area contributed by atoms with Crippen molar-refractivity contribution < 1.29 is 22.8 Å². The number of amides is 2. The molecular weight excluding hydrogens is 357 g/mol. The second-order valence-electron chi connectivity index (χ2n) is 6.73. The first kappa shape index (κ1) is 18.9. The fourth-order valence-corrected chi connectivity index (χ4v) is 3.00. The molecule has 0 aliphatic carbocycles. The van der Waals surface area contributed by atoms with Crippen molar-refractivity contribution in [2.24, 2.45) is 5.92 Å². The van der Waals surface area contributed by atoms with E-state index < -0.39 is 29.0 Å². The van der Waals surface area contributed by atoms with Gasteiger partial charge < -0.3 is 10.2 Å². The minimum absolute atomic E-state index is 0.121. The molecule has 0 spiro atoms. The van der Waals surface area contributed by atoms with E-state index in [4.69, 9.17) is 0 Å². The number of carbonyl (C=O) groups excluding carboxylic acids is 2. The quantitative estimate of drug-likeness (QED) is 0.815. The molecule has 0 aromatic heterocycles. The Hall–Kier alpha value is -2.83. The van der Waals surface area contributed by atoms with Gasteiger partial charge in [0.1, 0.15) is 0 Å². The molecule has 1 aliphatic heterocycles. The summed E-state index contributed by atoms with van der Waals surface area (Å²) in [5.41, 5.74) is -0.000954. The van der Waals surface area contributed by atoms with Crippen LogP contribution in [0.2, 0.25) is 0 Å². The van der Waals surface area contributed by atoms with Crippen LogP contribution in [0.4, 0.5) is 18.9 Å². The van der Waals surface area contributed by atoms with Gasteiger partial charge in [0.15, 0.2) is 17.5 Å². The van der Waals surface area contributed by atoms with E-state index in [1.54, 1.807) is 17.0 Å². The number of benzene rings is 2. The second-order valence-corrected chi connectivity index (χ2v) is 6.73. The van der Waals surface area contributed by atoms with Crippen LogP contribution in [0, 0.1) is 23.4 Å². The summed E-state index contributed by atoms with van der Waals surface area (Å²) in [7, 11) is 0. The normalized spacial score (nSPS) is 14.9. The van der Waals surface area contributed by atoms with Crippen LogP contribution < -0.4 is 5.32 Å². The van der Waals surface area contributed by atoms with E-state index in [-0.39, 0.29) is 11.5 Å². The Morgan fingerprint density at radius 3 is 2.37 bits per heavy atom. The number of nitrogens with one attached hydrogen (secondary N) is 1. The maximum absolute atomic E-state index is 13.7. The van der Waals surface area contributed by atoms with Crippen LogP contribution in [0.3, 0.4) is 0 Å². The molecule has 1 fully saturated rings. The maximum atomic E-state index is 13.7. The third-order valence-corrected chi connectivity index (χ3v) is 4.73. The van der Waals surface area contributed by atoms with Gasteiger partial charge in [-0.2, -0.15) is 0 Å². The van der Waals surface area contributed by atoms with Gasteiger partial charge in [0.25, 0.3) is 11.8 Å². The molecule has 7 heteroatoms. The molecule has 0 unspecified atom stereocenters. The first-order valence-corrected chi connectivity index (χ1v) is 8.71. The number of rotatable bonds is 3. The van der Waals surface area contributed by atoms with Crippen LogP contribution in [0.1, 0.15) is 40.5 Å². The SMILES string of the molecule is CC1CCN(C(=O)c2cccc(C(=O)Nc3ccc(F)c(F)c3F)c2)CC1. The average Bonchev–Trinajstić information content (AvgIpc) is 2.68. The lowest BCUT2D eigenvalue weighted by molar-refractivity contribution is 0.0697. The smallest absolute Gasteiger partial charge is 0.255 e. The van der Waals surface area contributed by atoms with Gasteiger partial charge in [0.2, 0.25) is 0 Å². The lowest BCUT2D eigenvalue weighted by Crippen LogP contribution is -2.38. The molecule has 3 rings (SSSR count). The third-order valence-electron chi connectivity index (χ3n) is 4.73. The van der Waals surface area contributed by atoms with Crippen LogP contribution in [-0.4, -0.2) is 29.8 Å². The minimum Gasteiger partial charge on any atom is -0.339 e. The third kappa shape index (κ3) is 4.13. The summed E-state index contributed by atoms with van der Waals surface area (Å²) >= 11 is 0. The van der Waals surface area contributed by atoms with Crippen LogP contribution in [0.15, 0.2) is 36.4 Å². The Morgan fingerprint density at radius 1 is 1.00 bits per heavy atom. The Labute approximate surface area is 155 Å². The van der Waals surface area contributed by atoms with Gasteiger partial charge in [-0.1, -0.05) is 13.0 Å². The largest absolute Gasteiger partial charge is 0.339 e. The zero-order valence-electron chi connectivity index (χ0n) is 14.8. The Balaban J connectivity index is 1.76. The van der Waals surface area contributed by atoms with Crippen molar-refractivity contribution in [3.05, 3.63) is 65.0 Å². The highest BCUT2D eigenvalue weighted by atomic mass is 19.2. The molecule has 1 N–H and O–H groups in total. The summed E-state index contributed by atoms with van der Waals surface area (Å²) in [6.45, 7) is 3.47. The van der Waals surface area contributed by atoms with Gasteiger partial charge in [0, 0.05) is 24.2 Å². The molecule has 0 saturated carbocycles. The molecular formula is C20H19F3N2O2. The van der Waals surface area contributed by atoms with Gasteiger partial charge in [-0.05, 0) is 49.1 Å². The number of hydrogen-bond donors (Lipinski definition) is 1. The molecule has 2 aromatic carbocycles. The first-order valence-electron chi connectivity index (χ1n) is 8.71. The van der Waals surface area contributed by atoms with E-state index in [9.17, 15) is 22.8 Å². The highest BCUT2D eigenvalue weighted by Crippen LogP contribution is 2.21. The van der Waals surface area contributed by atoms with E-state index >= 15 is 0 Å². The highest BCUT2D eigenvalue weighted by Gasteiger charge is 2.22. The van der Waals surface area contributed by atoms with Crippen LogP contribution in [-0.2, 0) is 0 Å². The molecule has 4 nitrogen and oxygen atoms in total. The lowest BCUT2D eigenvalue weighted by atomic mass is 9.98. The van der Waals surface area contributed by atoms with Crippen molar-refractivity contribution in [3.63, 3.8) is 0 Å². The van der Waals surface area contributed by atoms with Crippen LogP contribution in [0.5, 0.6) is 0 Å². The number of hydrogen-bond acceptors (Lipinski definition) is 2. The van der Waals surface area contributed by atoms with Crippen LogP contribution >= 0.6 is 0 Å². The zero-order valence-corrected chi connectivity index (χ0v) is 14.8. The molecule has 2 aromatic rings. The van der Waals surface area contributed by atoms with Gasteiger partial charge in [-0.15, -0.1) is 0 Å². The Morgan fingerprint density at radius 2 is 1.67 bits per heavy atom. The highest BCUT2D eigenvalue weighted by molar-refractivity contribution is 6.06. The lowest BCUT2D eigenvalue weighted by Gasteiger charge is -2.30. The van der Waals surface area contributed by atoms with Gasteiger partial charge >= 0.3 is 0 Å². The summed E-state index contributed by atoms with van der Waals surface area (Å²) in [5.74, 6) is -4.78. The standard InChI is InChI=1S/C20H19F3N2O2/c1-12-7-9-25(10-8-12)20(27)14-4-2-3-13(11-14)19(26)24-16-6-5-15(21)17(22)18(16)23/h2-6,11-12H,7-10H2,1H3,(H,24,26). The first-order chi connectivity index (χ1) is 12.9. The van der Waals surface area contributed by atoms with E-state index in [2.05, 4.69) is 12.2 Å². The van der Waals surface area contributed by atoms with E-state index in [0.717, 1.165) is 25.0 Å². The number of anilines is 1. The van der Waals surface area contributed by atoms with Crippen molar-refractivity contribution in [3.8, 4) is 0 Å². The minimum atomic E-state index is -1.66. The summed E-state index contributed by atoms with van der Waals surface area (Å²) in [6.07, 6.45) is 1.86. The number of nitrogens with zero attached hydrogens (tertiary/aromatic N) is 1. The van der Waals surface area contributed by atoms with E-state index in [1.807, 2.05) is 0 Å². The summed E-state index contributed by atoms with van der Waals surface area (Å²) in [5, 5.41) is 2.20. The monoisotopic (exact) mass is 376 g/mol. The van der Waals surface area contributed by atoms with Crippen molar-refractivity contribution in [1.82, 2.24) is 4.90 Å². The zero-order chi connectivity index (χ0) is 19.6. The Kier molecular flexibility index (Phi) is 5.48. The summed E-state index contributed by atoms with van der Waals surface area (Å²) in [6, 6.07) is 7.70. The predicted octanol–water partition coefficient (Wildman–Crippen LogP) is 4.23. The number of carbonyl (C=O) groups is 2. The van der Waals surface area contributed by atoms with Crippen molar-refractivity contribution >= 4 is 17.5 Å². The van der Waals surface area contributed by atoms with Gasteiger partial charge in [-0.25, -0.2) is 13.2 Å². The molecule has 0 atom stereocenters. The Bertz CT molecular complexity index is 878. The molecule has 2 amide bonds. The number of piperidine rings is 1. The topological polar surface area (TPSA) is 49.4 Å². The van der Waals surface area contributed by atoms with Crippen molar-refractivity contribution in [2.75, 3.05) is 18.4 Å². The van der Waals surface area contributed by atoms with Crippen LogP contribution in [0.25, 0.3) is 0 Å². The van der Waals surface area contributed by atoms with Crippen molar-refractivity contribution in [1.29, 1.82) is 0 Å². The molecule has 0 bridgehead atoms. The molecule has 1 aliphatic rings. The summed E-state index contributed by atoms with van der Waals surface area (Å²) in [4.78, 5) is 26.7. The maximum Gasteiger partial charge on any atom is 0.255 e. The predicted molar refractivity (Wildman–Crippen MR) is 95.0 cm³/mol. The van der Waals surface area contributed by atoms with Gasteiger partial charge in [0.05, 0.1) is 5.69 Å². The summed E-state index contributed by atoms with van der Waals surface area (Å²) < 4.78 is 40.0. The number of halogens is 3. The molecule has 1 heterocycles. The van der Waals surface area contributed by atoms with E-state index in [1.165, 1.54) is 12.1 Å². The fraction of sp³-hybridized carbons (Fsp3) is 0.300. The molecule has 1 saturated heterocycles. The van der Waals surface area contributed by atoms with Gasteiger partial charge in [-0.3, -0.25) is 9.59 Å².